The number of nitrogens with zero attached hydrogens (tertiary/aromatic N) is 2. The van der Waals surface area contributed by atoms with Gasteiger partial charge in [-0.3, -0.25) is 9.48 Å². The number of hydrogen-bond donors (Lipinski definition) is 1. The van der Waals surface area contributed by atoms with Crippen molar-refractivity contribution in [3.63, 3.8) is 0 Å². The molecule has 0 spiro atoms. The Kier molecular flexibility index (Phi) is 4.23. The Morgan fingerprint density at radius 1 is 1.39 bits per heavy atom. The molecule has 4 nitrogen and oxygen atoms in total. The summed E-state index contributed by atoms with van der Waals surface area (Å²) < 4.78 is 1.74. The number of carbonyl (C=O) groups excluding carboxylic acids is 1. The zero-order valence-electron chi connectivity index (χ0n) is 9.44. The SMILES string of the molecule is O=C(NCCn1cccn1)c1ccc(Cl)cc1Cl. The highest BCUT2D eigenvalue weighted by molar-refractivity contribution is 6.36. The molecule has 1 aromatic heterocycles. The van der Waals surface area contributed by atoms with Crippen molar-refractivity contribution in [2.24, 2.45) is 0 Å². The summed E-state index contributed by atoms with van der Waals surface area (Å²) >= 11 is 11.7. The Balaban J connectivity index is 1.91. The molecule has 0 aliphatic rings. The minimum atomic E-state index is -0.219. The van der Waals surface area contributed by atoms with Crippen LogP contribution in [0.5, 0.6) is 0 Å². The van der Waals surface area contributed by atoms with Crippen LogP contribution in [0.4, 0.5) is 0 Å². The monoisotopic (exact) mass is 283 g/mol. The first-order valence-electron chi connectivity index (χ1n) is 5.37. The van der Waals surface area contributed by atoms with Crippen LogP contribution in [0.15, 0.2) is 36.7 Å². The molecule has 1 amide bonds. The molecule has 0 bridgehead atoms. The third-order valence-corrected chi connectivity index (χ3v) is 2.91. The molecule has 0 saturated carbocycles. The third-order valence-electron chi connectivity index (χ3n) is 2.36. The number of benzene rings is 1. The largest absolute Gasteiger partial charge is 0.350 e. The molecule has 1 heterocycles. The third kappa shape index (κ3) is 3.24. The highest BCUT2D eigenvalue weighted by Gasteiger charge is 2.09. The van der Waals surface area contributed by atoms with E-state index in [9.17, 15) is 4.79 Å². The van der Waals surface area contributed by atoms with Crippen molar-refractivity contribution in [1.29, 1.82) is 0 Å². The summed E-state index contributed by atoms with van der Waals surface area (Å²) in [5.41, 5.74) is 0.418. The molecule has 18 heavy (non-hydrogen) atoms. The summed E-state index contributed by atoms with van der Waals surface area (Å²) in [7, 11) is 0. The molecule has 0 saturated heterocycles. The molecule has 94 valence electrons. The lowest BCUT2D eigenvalue weighted by Gasteiger charge is -2.07. The number of rotatable bonds is 4. The van der Waals surface area contributed by atoms with E-state index in [1.165, 1.54) is 0 Å². The van der Waals surface area contributed by atoms with Crippen molar-refractivity contribution in [2.45, 2.75) is 6.54 Å². The molecule has 2 aromatic rings. The summed E-state index contributed by atoms with van der Waals surface area (Å²) in [6.45, 7) is 1.10. The first kappa shape index (κ1) is 12.9. The lowest BCUT2D eigenvalue weighted by atomic mass is 10.2. The van der Waals surface area contributed by atoms with Gasteiger partial charge in [0.2, 0.25) is 0 Å². The van der Waals surface area contributed by atoms with Crippen molar-refractivity contribution in [3.8, 4) is 0 Å². The summed E-state index contributed by atoms with van der Waals surface area (Å²) in [4.78, 5) is 11.8. The van der Waals surface area contributed by atoms with E-state index in [4.69, 9.17) is 23.2 Å². The van der Waals surface area contributed by atoms with Gasteiger partial charge in [0.05, 0.1) is 17.1 Å². The molecule has 0 radical (unpaired) electrons. The van der Waals surface area contributed by atoms with Crippen molar-refractivity contribution in [3.05, 3.63) is 52.3 Å². The van der Waals surface area contributed by atoms with Gasteiger partial charge < -0.3 is 5.32 Å². The summed E-state index contributed by atoms with van der Waals surface area (Å²) in [5.74, 6) is -0.219. The van der Waals surface area contributed by atoms with Crippen LogP contribution >= 0.6 is 23.2 Å². The molecule has 1 aromatic carbocycles. The second-order valence-electron chi connectivity index (χ2n) is 3.65. The van der Waals surface area contributed by atoms with E-state index in [0.29, 0.717) is 28.7 Å². The highest BCUT2D eigenvalue weighted by Crippen LogP contribution is 2.20. The van der Waals surface area contributed by atoms with E-state index in [0.717, 1.165) is 0 Å². The van der Waals surface area contributed by atoms with Crippen LogP contribution < -0.4 is 5.32 Å². The Morgan fingerprint density at radius 3 is 2.89 bits per heavy atom. The zero-order valence-corrected chi connectivity index (χ0v) is 10.9. The molecule has 6 heteroatoms. The molecule has 0 aliphatic heterocycles. The van der Waals surface area contributed by atoms with E-state index in [2.05, 4.69) is 10.4 Å². The van der Waals surface area contributed by atoms with Crippen LogP contribution in [-0.2, 0) is 6.54 Å². The average molecular weight is 284 g/mol. The predicted octanol–water partition coefficient (Wildman–Crippen LogP) is 2.62. The summed E-state index contributed by atoms with van der Waals surface area (Å²) in [6, 6.07) is 6.62. The van der Waals surface area contributed by atoms with Gasteiger partial charge in [0.1, 0.15) is 0 Å². The quantitative estimate of drug-likeness (QED) is 0.938. The molecule has 0 atom stereocenters. The fourth-order valence-corrected chi connectivity index (χ4v) is 1.98. The van der Waals surface area contributed by atoms with E-state index in [1.54, 1.807) is 29.1 Å². The van der Waals surface area contributed by atoms with Gasteiger partial charge in [-0.1, -0.05) is 23.2 Å². The van der Waals surface area contributed by atoms with Gasteiger partial charge in [-0.25, -0.2) is 0 Å². The van der Waals surface area contributed by atoms with Crippen LogP contribution in [-0.4, -0.2) is 22.2 Å². The minimum Gasteiger partial charge on any atom is -0.350 e. The van der Waals surface area contributed by atoms with Crippen LogP contribution in [0.2, 0.25) is 10.0 Å². The van der Waals surface area contributed by atoms with E-state index in [-0.39, 0.29) is 5.91 Å². The second kappa shape index (κ2) is 5.89. The molecular weight excluding hydrogens is 273 g/mol. The van der Waals surface area contributed by atoms with Gasteiger partial charge in [-0.15, -0.1) is 0 Å². The molecule has 0 aliphatic carbocycles. The number of amides is 1. The number of aromatic nitrogens is 2. The normalized spacial score (nSPS) is 10.3. The van der Waals surface area contributed by atoms with Gasteiger partial charge in [0.25, 0.3) is 5.91 Å². The summed E-state index contributed by atoms with van der Waals surface area (Å²) in [6.07, 6.45) is 3.53. The highest BCUT2D eigenvalue weighted by atomic mass is 35.5. The standard InChI is InChI=1S/C12H11Cl2N3O/c13-9-2-3-10(11(14)8-9)12(18)15-5-7-17-6-1-4-16-17/h1-4,6,8H,5,7H2,(H,15,18). The van der Waals surface area contributed by atoms with Crippen molar-refractivity contribution in [2.75, 3.05) is 6.54 Å². The van der Waals surface area contributed by atoms with Gasteiger partial charge in [0.15, 0.2) is 0 Å². The van der Waals surface area contributed by atoms with Gasteiger partial charge in [0, 0.05) is 24.0 Å². The van der Waals surface area contributed by atoms with E-state index < -0.39 is 0 Å². The van der Waals surface area contributed by atoms with Crippen molar-refractivity contribution in [1.82, 2.24) is 15.1 Å². The van der Waals surface area contributed by atoms with Crippen LogP contribution in [0.1, 0.15) is 10.4 Å². The molecule has 1 N–H and O–H groups in total. The molecule has 0 unspecified atom stereocenters. The summed E-state index contributed by atoms with van der Waals surface area (Å²) in [5, 5.41) is 7.66. The Morgan fingerprint density at radius 2 is 2.22 bits per heavy atom. The van der Waals surface area contributed by atoms with Gasteiger partial charge in [-0.05, 0) is 24.3 Å². The van der Waals surface area contributed by atoms with Gasteiger partial charge >= 0.3 is 0 Å². The number of hydrogen-bond acceptors (Lipinski definition) is 2. The van der Waals surface area contributed by atoms with Crippen LogP contribution in [0.3, 0.4) is 0 Å². The Bertz CT molecular complexity index is 540. The minimum absolute atomic E-state index is 0.219. The molecule has 0 fully saturated rings. The first-order valence-corrected chi connectivity index (χ1v) is 6.13. The molecular formula is C12H11Cl2N3O. The maximum absolute atomic E-state index is 11.8. The predicted molar refractivity (Wildman–Crippen MR) is 71.0 cm³/mol. The average Bonchev–Trinajstić information content (AvgIpc) is 2.81. The fraction of sp³-hybridized carbons (Fsp3) is 0.167. The van der Waals surface area contributed by atoms with E-state index in [1.807, 2.05) is 12.3 Å². The van der Waals surface area contributed by atoms with Gasteiger partial charge in [-0.2, -0.15) is 5.10 Å². The zero-order chi connectivity index (χ0) is 13.0. The second-order valence-corrected chi connectivity index (χ2v) is 4.49. The molecule has 2 rings (SSSR count). The lowest BCUT2D eigenvalue weighted by molar-refractivity contribution is 0.0952. The van der Waals surface area contributed by atoms with Crippen molar-refractivity contribution < 1.29 is 4.79 Å². The topological polar surface area (TPSA) is 46.9 Å². The lowest BCUT2D eigenvalue weighted by Crippen LogP contribution is -2.27. The smallest absolute Gasteiger partial charge is 0.252 e. The first-order chi connectivity index (χ1) is 8.66. The Labute approximate surface area is 115 Å². The van der Waals surface area contributed by atoms with E-state index >= 15 is 0 Å². The fourth-order valence-electron chi connectivity index (χ4n) is 1.49. The number of halogens is 2. The number of nitrogens with one attached hydrogen (secondary N) is 1. The number of carbonyl (C=O) groups is 1. The Hall–Kier alpha value is -1.52. The maximum atomic E-state index is 11.8. The maximum Gasteiger partial charge on any atom is 0.252 e. The van der Waals surface area contributed by atoms with Crippen molar-refractivity contribution >= 4 is 29.1 Å². The van der Waals surface area contributed by atoms with Crippen LogP contribution in [0, 0.1) is 0 Å². The van der Waals surface area contributed by atoms with Crippen LogP contribution in [0.25, 0.3) is 0 Å².